The van der Waals surface area contributed by atoms with Gasteiger partial charge in [-0.1, -0.05) is 78.1 Å². The van der Waals surface area contributed by atoms with Crippen LogP contribution in [-0.4, -0.2) is 25.6 Å². The Kier molecular flexibility index (Phi) is 9.86. The van der Waals surface area contributed by atoms with Crippen molar-refractivity contribution in [1.29, 1.82) is 0 Å². The summed E-state index contributed by atoms with van der Waals surface area (Å²) in [7, 11) is 4.15. The Hall–Kier alpha value is -5.85. The van der Waals surface area contributed by atoms with Gasteiger partial charge in [0.25, 0.3) is 0 Å². The molecule has 0 amide bonds. The Bertz CT molecular complexity index is 2110. The van der Waals surface area contributed by atoms with Crippen LogP contribution in [-0.2, 0) is 0 Å². The van der Waals surface area contributed by atoms with Gasteiger partial charge >= 0.3 is 0 Å². The number of thiazole rings is 1. The van der Waals surface area contributed by atoms with Crippen molar-refractivity contribution in [1.82, 2.24) is 4.98 Å². The summed E-state index contributed by atoms with van der Waals surface area (Å²) in [5.41, 5.74) is 9.76. The Labute approximate surface area is 304 Å². The first-order valence-electron chi connectivity index (χ1n) is 17.2. The van der Waals surface area contributed by atoms with Gasteiger partial charge in [0.1, 0.15) is 16.4 Å². The summed E-state index contributed by atoms with van der Waals surface area (Å²) in [6.45, 7) is 4.96. The van der Waals surface area contributed by atoms with Gasteiger partial charge in [-0.2, -0.15) is 4.98 Å². The number of halogens is 1. The van der Waals surface area contributed by atoms with Crippen LogP contribution in [0.3, 0.4) is 0 Å². The van der Waals surface area contributed by atoms with Crippen molar-refractivity contribution in [3.05, 3.63) is 191 Å². The number of benzene rings is 6. The van der Waals surface area contributed by atoms with E-state index in [1.807, 2.05) is 54.6 Å². The van der Waals surface area contributed by atoms with E-state index in [1.54, 1.807) is 17.4 Å². The maximum absolute atomic E-state index is 15.7. The van der Waals surface area contributed by atoms with Crippen molar-refractivity contribution in [2.45, 2.75) is 13.8 Å². The zero-order valence-electron chi connectivity index (χ0n) is 29.3. The molecule has 0 radical (unpaired) electrons. The highest BCUT2D eigenvalue weighted by atomic mass is 32.1. The van der Waals surface area contributed by atoms with Gasteiger partial charge in [-0.15, -0.1) is 0 Å². The van der Waals surface area contributed by atoms with Gasteiger partial charge in [-0.05, 0) is 110 Å². The predicted molar refractivity (Wildman–Crippen MR) is 214 cm³/mol. The van der Waals surface area contributed by atoms with E-state index in [-0.39, 0.29) is 5.82 Å². The molecule has 6 aromatic carbocycles. The van der Waals surface area contributed by atoms with Gasteiger partial charge in [-0.3, -0.25) is 0 Å². The second-order valence-corrected chi connectivity index (χ2v) is 13.4. The molecule has 0 unspecified atom stereocenters. The maximum Gasteiger partial charge on any atom is 0.198 e. The molecule has 252 valence electrons. The standard InChI is InChI=1S/C45H40FN4S/c1-5-50(41-23-15-12-16-32(41)2)45-47-43(39-21-13-14-22-40(39)46)44(51-45)42(33-24-28-37(29-25-33)48(3)35-17-8-6-9-18-35)34-26-30-38(31-27-34)49(4)36-19-10-7-11-20-36/h6-31H,5H2,1-4H3/q+1. The molecule has 51 heavy (non-hydrogen) atoms. The van der Waals surface area contributed by atoms with Crippen LogP contribution in [0.25, 0.3) is 11.3 Å². The molecule has 0 aliphatic carbocycles. The fourth-order valence-corrected chi connectivity index (χ4v) is 7.69. The normalized spacial score (nSPS) is 10.9. The van der Waals surface area contributed by atoms with E-state index >= 15 is 4.39 Å². The van der Waals surface area contributed by atoms with E-state index in [0.717, 1.165) is 61.1 Å². The van der Waals surface area contributed by atoms with Crippen LogP contribution < -0.4 is 14.7 Å². The lowest BCUT2D eigenvalue weighted by atomic mass is 9.87. The average Bonchev–Trinajstić information content (AvgIpc) is 3.60. The third-order valence-corrected chi connectivity index (χ3v) is 10.4. The number of rotatable bonds is 11. The number of hydrogen-bond acceptors (Lipinski definition) is 5. The van der Waals surface area contributed by atoms with Crippen LogP contribution in [0.15, 0.2) is 158 Å². The minimum absolute atomic E-state index is 0.298. The van der Waals surface area contributed by atoms with Gasteiger partial charge in [0.05, 0.1) is 34.0 Å². The van der Waals surface area contributed by atoms with E-state index in [9.17, 15) is 0 Å². The van der Waals surface area contributed by atoms with Gasteiger partial charge in [0.15, 0.2) is 5.13 Å². The topological polar surface area (TPSA) is 22.6 Å². The number of hydrogen-bond donors (Lipinski definition) is 0. The van der Waals surface area contributed by atoms with Gasteiger partial charge < -0.3 is 14.7 Å². The van der Waals surface area contributed by atoms with E-state index in [4.69, 9.17) is 4.98 Å². The molecule has 0 aliphatic heterocycles. The molecule has 0 saturated heterocycles. The highest BCUT2D eigenvalue weighted by molar-refractivity contribution is 7.16. The average molecular weight is 688 g/mol. The molecule has 1 heterocycles. The fraction of sp³-hybridized carbons (Fsp3) is 0.111. The van der Waals surface area contributed by atoms with Crippen molar-refractivity contribution < 1.29 is 4.39 Å². The summed E-state index contributed by atoms with van der Waals surface area (Å²) >= 11 is 1.60. The SMILES string of the molecule is CCN(c1nc(-c2ccccc2F)c([C+](c2ccc(N(C)c3ccccc3)cc2)c2ccc(N(C)c3ccccc3)cc2)s1)c1ccccc1C. The molecule has 7 rings (SSSR count). The second kappa shape index (κ2) is 15.0. The van der Waals surface area contributed by atoms with Crippen LogP contribution in [0.5, 0.6) is 0 Å². The summed E-state index contributed by atoms with van der Waals surface area (Å²) < 4.78 is 15.7. The van der Waals surface area contributed by atoms with Crippen LogP contribution in [0.1, 0.15) is 28.5 Å². The fourth-order valence-electron chi connectivity index (χ4n) is 6.44. The molecular formula is C45H40FN4S+. The van der Waals surface area contributed by atoms with Crippen molar-refractivity contribution >= 4 is 44.9 Å². The number of anilines is 6. The summed E-state index contributed by atoms with van der Waals surface area (Å²) in [4.78, 5) is 12.7. The number of aromatic nitrogens is 1. The maximum atomic E-state index is 15.7. The Morgan fingerprint density at radius 1 is 0.588 bits per heavy atom. The number of para-hydroxylation sites is 3. The zero-order valence-corrected chi connectivity index (χ0v) is 30.1. The van der Waals surface area contributed by atoms with Gasteiger partial charge in [-0.25, -0.2) is 4.39 Å². The van der Waals surface area contributed by atoms with Crippen molar-refractivity contribution in [2.75, 3.05) is 35.3 Å². The molecule has 0 atom stereocenters. The van der Waals surface area contributed by atoms with Crippen molar-refractivity contribution in [2.24, 2.45) is 0 Å². The molecule has 1 aromatic heterocycles. The van der Waals surface area contributed by atoms with Crippen LogP contribution in [0.2, 0.25) is 0 Å². The minimum atomic E-state index is -0.298. The molecule has 0 bridgehead atoms. The molecule has 6 heteroatoms. The highest BCUT2D eigenvalue weighted by Crippen LogP contribution is 2.46. The molecule has 0 spiro atoms. The molecule has 7 aromatic rings. The first-order chi connectivity index (χ1) is 24.9. The first kappa shape index (κ1) is 33.6. The number of nitrogens with zero attached hydrogens (tertiary/aromatic N) is 4. The quantitative estimate of drug-likeness (QED) is 0.126. The van der Waals surface area contributed by atoms with Gasteiger partial charge in [0, 0.05) is 37.7 Å². The predicted octanol–water partition coefficient (Wildman–Crippen LogP) is 12.0. The van der Waals surface area contributed by atoms with Crippen LogP contribution in [0.4, 0.5) is 38.0 Å². The van der Waals surface area contributed by atoms with Crippen LogP contribution >= 0.6 is 11.3 Å². The van der Waals surface area contributed by atoms with Gasteiger partial charge in [0.2, 0.25) is 0 Å². The van der Waals surface area contributed by atoms with E-state index in [0.29, 0.717) is 17.8 Å². The molecular weight excluding hydrogens is 648 g/mol. The second-order valence-electron chi connectivity index (χ2n) is 12.4. The first-order valence-corrected chi connectivity index (χ1v) is 18.0. The molecule has 4 nitrogen and oxygen atoms in total. The summed E-state index contributed by atoms with van der Waals surface area (Å²) in [6, 6.07) is 53.2. The lowest BCUT2D eigenvalue weighted by molar-refractivity contribution is 0.630. The summed E-state index contributed by atoms with van der Waals surface area (Å²) in [5.74, 6) is 0.703. The Morgan fingerprint density at radius 2 is 1.06 bits per heavy atom. The Morgan fingerprint density at radius 3 is 1.57 bits per heavy atom. The van der Waals surface area contributed by atoms with Crippen molar-refractivity contribution in [3.63, 3.8) is 0 Å². The number of aryl methyl sites for hydroxylation is 1. The van der Waals surface area contributed by atoms with E-state index in [1.165, 1.54) is 6.07 Å². The summed E-state index contributed by atoms with van der Waals surface area (Å²) in [5, 5.41) is 0.818. The smallest absolute Gasteiger partial charge is 0.198 e. The third-order valence-electron chi connectivity index (χ3n) is 9.30. The molecule has 0 fully saturated rings. The zero-order chi connectivity index (χ0) is 35.3. The lowest BCUT2D eigenvalue weighted by Gasteiger charge is -2.22. The van der Waals surface area contributed by atoms with Crippen molar-refractivity contribution in [3.8, 4) is 11.3 Å². The minimum Gasteiger partial charge on any atom is -0.344 e. The Balaban J connectivity index is 1.38. The third kappa shape index (κ3) is 6.96. The van der Waals surface area contributed by atoms with E-state index < -0.39 is 0 Å². The van der Waals surface area contributed by atoms with Crippen LogP contribution in [0, 0.1) is 18.7 Å². The molecule has 0 saturated carbocycles. The molecule has 0 N–H and O–H groups in total. The summed E-state index contributed by atoms with van der Waals surface area (Å²) in [6.07, 6.45) is 0. The van der Waals surface area contributed by atoms with E-state index in [2.05, 4.69) is 134 Å². The monoisotopic (exact) mass is 687 g/mol. The largest absolute Gasteiger partial charge is 0.344 e. The lowest BCUT2D eigenvalue weighted by Crippen LogP contribution is -2.16. The molecule has 0 aliphatic rings. The highest BCUT2D eigenvalue weighted by Gasteiger charge is 2.33.